The number of nitrogens with one attached hydrogen (secondary N) is 1. The fourth-order valence-electron chi connectivity index (χ4n) is 4.71. The molecule has 1 saturated carbocycles. The number of sulfonamides is 1. The molecule has 0 aliphatic heterocycles. The van der Waals surface area contributed by atoms with Gasteiger partial charge in [-0.15, -0.1) is 11.3 Å². The average Bonchev–Trinajstić information content (AvgIpc) is 3.40. The van der Waals surface area contributed by atoms with Crippen molar-refractivity contribution >= 4 is 43.8 Å². The summed E-state index contributed by atoms with van der Waals surface area (Å²) in [6.45, 7) is 0. The minimum Gasteiger partial charge on any atom is -0.495 e. The van der Waals surface area contributed by atoms with E-state index in [4.69, 9.17) is 9.84 Å². The van der Waals surface area contributed by atoms with E-state index in [0.717, 1.165) is 10.9 Å². The van der Waals surface area contributed by atoms with E-state index in [1.165, 1.54) is 85.1 Å². The van der Waals surface area contributed by atoms with Crippen LogP contribution in [0.4, 0.5) is 5.69 Å². The molecule has 4 aromatic rings. The van der Waals surface area contributed by atoms with Gasteiger partial charge >= 0.3 is 5.97 Å². The molecule has 0 atom stereocenters. The lowest BCUT2D eigenvalue weighted by Gasteiger charge is -2.22. The number of nitrogens with zero attached hydrogens (tertiary/aromatic N) is 1. The van der Waals surface area contributed by atoms with Crippen LogP contribution in [0.2, 0.25) is 0 Å². The minimum atomic E-state index is -4.00. The second-order valence-corrected chi connectivity index (χ2v) is 11.5. The number of ether oxygens (including phenoxy) is 1. The molecule has 7 nitrogen and oxygen atoms in total. The number of aromatic nitrogens is 1. The summed E-state index contributed by atoms with van der Waals surface area (Å²) in [4.78, 5) is 15.6. The zero-order chi connectivity index (χ0) is 25.3. The first-order valence-corrected chi connectivity index (χ1v) is 14.1. The van der Waals surface area contributed by atoms with Gasteiger partial charge in [0.05, 0.1) is 18.4 Å². The predicted octanol–water partition coefficient (Wildman–Crippen LogP) is 6.52. The number of thiazole rings is 1. The van der Waals surface area contributed by atoms with Gasteiger partial charge in [-0.3, -0.25) is 4.72 Å². The smallest absolute Gasteiger partial charge is 0.335 e. The molecule has 0 amide bonds. The molecule has 1 fully saturated rings. The molecule has 0 saturated heterocycles. The Bertz CT molecular complexity index is 1540. The van der Waals surface area contributed by atoms with Crippen molar-refractivity contribution in [2.24, 2.45) is 0 Å². The highest BCUT2D eigenvalue weighted by Crippen LogP contribution is 2.35. The highest BCUT2D eigenvalue weighted by atomic mass is 32.2. The van der Waals surface area contributed by atoms with Gasteiger partial charge in [0.1, 0.15) is 10.8 Å². The third kappa shape index (κ3) is 4.94. The molecule has 186 valence electrons. The maximum Gasteiger partial charge on any atom is 0.335 e. The van der Waals surface area contributed by atoms with Crippen molar-refractivity contribution in [1.29, 1.82) is 0 Å². The summed E-state index contributed by atoms with van der Waals surface area (Å²) in [5.41, 5.74) is 2.38. The number of aromatic carboxylic acids is 1. The van der Waals surface area contributed by atoms with Crippen LogP contribution in [0.5, 0.6) is 5.75 Å². The molecule has 0 radical (unpaired) electrons. The van der Waals surface area contributed by atoms with Crippen molar-refractivity contribution < 1.29 is 23.1 Å². The van der Waals surface area contributed by atoms with E-state index in [0.29, 0.717) is 10.9 Å². The Kier molecular flexibility index (Phi) is 6.68. The standard InChI is InChI=1S/C27H26N2O5S2/c1-34-24-15-22(27(30)31)11-12-23(24)29-36(32,33)25-16-35-26(28-25)21-10-9-19-13-18(7-8-20(19)14-21)17-5-3-2-4-6-17/h7-17,29H,2-6H2,1H3,(H,30,31). The first-order valence-electron chi connectivity index (χ1n) is 11.8. The van der Waals surface area contributed by atoms with Gasteiger partial charge in [0, 0.05) is 10.9 Å². The molecule has 36 heavy (non-hydrogen) atoms. The quantitative estimate of drug-likeness (QED) is 0.286. The second kappa shape index (κ2) is 9.91. The predicted molar refractivity (Wildman–Crippen MR) is 142 cm³/mol. The normalized spacial score (nSPS) is 14.6. The van der Waals surface area contributed by atoms with Crippen LogP contribution < -0.4 is 9.46 Å². The number of carbonyl (C=O) groups is 1. The van der Waals surface area contributed by atoms with Crippen LogP contribution in [0.15, 0.2) is 65.0 Å². The summed E-state index contributed by atoms with van der Waals surface area (Å²) >= 11 is 1.25. The maximum absolute atomic E-state index is 13.0. The number of rotatable bonds is 7. The Morgan fingerprint density at radius 2 is 1.78 bits per heavy atom. The zero-order valence-corrected chi connectivity index (χ0v) is 21.4. The molecule has 1 aliphatic carbocycles. The van der Waals surface area contributed by atoms with Gasteiger partial charge in [0.2, 0.25) is 0 Å². The van der Waals surface area contributed by atoms with Crippen LogP contribution in [0, 0.1) is 0 Å². The summed E-state index contributed by atoms with van der Waals surface area (Å²) < 4.78 is 33.6. The Morgan fingerprint density at radius 1 is 1.03 bits per heavy atom. The molecule has 5 rings (SSSR count). The van der Waals surface area contributed by atoms with Gasteiger partial charge in [0.15, 0.2) is 5.03 Å². The molecule has 1 heterocycles. The van der Waals surface area contributed by atoms with Crippen LogP contribution in [0.3, 0.4) is 0 Å². The van der Waals surface area contributed by atoms with Crippen molar-refractivity contribution in [1.82, 2.24) is 4.98 Å². The second-order valence-electron chi connectivity index (χ2n) is 8.97. The van der Waals surface area contributed by atoms with Crippen molar-refractivity contribution in [2.45, 2.75) is 43.0 Å². The van der Waals surface area contributed by atoms with E-state index in [-0.39, 0.29) is 22.0 Å². The number of anilines is 1. The number of hydrogen-bond donors (Lipinski definition) is 2. The first kappa shape index (κ1) is 24.3. The van der Waals surface area contributed by atoms with E-state index >= 15 is 0 Å². The van der Waals surface area contributed by atoms with Crippen molar-refractivity contribution in [2.75, 3.05) is 11.8 Å². The van der Waals surface area contributed by atoms with E-state index in [1.54, 1.807) is 0 Å². The average molecular weight is 523 g/mol. The zero-order valence-electron chi connectivity index (χ0n) is 19.7. The molecule has 1 aromatic heterocycles. The molecule has 9 heteroatoms. The van der Waals surface area contributed by atoms with Crippen molar-refractivity contribution in [3.05, 3.63) is 71.1 Å². The van der Waals surface area contributed by atoms with Crippen LogP contribution in [-0.4, -0.2) is 31.6 Å². The number of carboxylic acids is 1. The Balaban J connectivity index is 1.38. The first-order chi connectivity index (χ1) is 17.3. The number of methoxy groups -OCH3 is 1. The third-order valence-corrected chi connectivity index (χ3v) is 8.93. The third-order valence-electron chi connectivity index (χ3n) is 6.64. The number of carboxylic acid groups (broad SMARTS) is 1. The molecular formula is C27H26N2O5S2. The Labute approximate surface area is 213 Å². The number of benzene rings is 3. The van der Waals surface area contributed by atoms with Gasteiger partial charge in [-0.05, 0) is 59.4 Å². The lowest BCUT2D eigenvalue weighted by molar-refractivity contribution is 0.0696. The topological polar surface area (TPSA) is 106 Å². The van der Waals surface area contributed by atoms with Crippen molar-refractivity contribution in [3.8, 4) is 16.3 Å². The lowest BCUT2D eigenvalue weighted by Crippen LogP contribution is -2.14. The fraction of sp³-hybridized carbons (Fsp3) is 0.259. The SMILES string of the molecule is COc1cc(C(=O)O)ccc1NS(=O)(=O)c1csc(-c2ccc3cc(C4CCCCC4)ccc3c2)n1. The van der Waals surface area contributed by atoms with E-state index in [9.17, 15) is 13.2 Å². The van der Waals surface area contributed by atoms with Gasteiger partial charge in [-0.1, -0.05) is 49.6 Å². The van der Waals surface area contributed by atoms with Crippen molar-refractivity contribution in [3.63, 3.8) is 0 Å². The molecule has 3 aromatic carbocycles. The highest BCUT2D eigenvalue weighted by Gasteiger charge is 2.22. The van der Waals surface area contributed by atoms with Gasteiger partial charge in [0.25, 0.3) is 10.0 Å². The summed E-state index contributed by atoms with van der Waals surface area (Å²) in [5, 5.41) is 13.4. The largest absolute Gasteiger partial charge is 0.495 e. The van der Waals surface area contributed by atoms with E-state index < -0.39 is 16.0 Å². The molecular weight excluding hydrogens is 496 g/mol. The van der Waals surface area contributed by atoms with Gasteiger partial charge < -0.3 is 9.84 Å². The van der Waals surface area contributed by atoms with Crippen LogP contribution in [0.1, 0.15) is 53.9 Å². The summed E-state index contributed by atoms with van der Waals surface area (Å²) in [7, 11) is -2.66. The van der Waals surface area contributed by atoms with Gasteiger partial charge in [-0.25, -0.2) is 9.78 Å². The van der Waals surface area contributed by atoms with Crippen LogP contribution in [-0.2, 0) is 10.0 Å². The lowest BCUT2D eigenvalue weighted by atomic mass is 9.83. The molecule has 2 N–H and O–H groups in total. The summed E-state index contributed by atoms with van der Waals surface area (Å²) in [5.74, 6) is -0.385. The van der Waals surface area contributed by atoms with Crippen LogP contribution >= 0.6 is 11.3 Å². The highest BCUT2D eigenvalue weighted by molar-refractivity contribution is 7.92. The fourth-order valence-corrected chi connectivity index (χ4v) is 6.87. The molecule has 0 unspecified atom stereocenters. The summed E-state index contributed by atoms with van der Waals surface area (Å²) in [6, 6.07) is 16.7. The van der Waals surface area contributed by atoms with Crippen LogP contribution in [0.25, 0.3) is 21.3 Å². The Hall–Kier alpha value is -3.43. The van der Waals surface area contributed by atoms with E-state index in [1.807, 2.05) is 12.1 Å². The number of fused-ring (bicyclic) bond motifs is 1. The van der Waals surface area contributed by atoms with E-state index in [2.05, 4.69) is 34.0 Å². The molecule has 0 bridgehead atoms. The Morgan fingerprint density at radius 3 is 2.53 bits per heavy atom. The molecule has 1 aliphatic rings. The monoisotopic (exact) mass is 522 g/mol. The minimum absolute atomic E-state index is 0.00657. The number of hydrogen-bond acceptors (Lipinski definition) is 6. The maximum atomic E-state index is 13.0. The molecule has 0 spiro atoms. The summed E-state index contributed by atoms with van der Waals surface area (Å²) in [6.07, 6.45) is 6.44. The van der Waals surface area contributed by atoms with Gasteiger partial charge in [-0.2, -0.15) is 8.42 Å².